The van der Waals surface area contributed by atoms with E-state index < -0.39 is 5.54 Å². The monoisotopic (exact) mass is 237 g/mol. The molecule has 1 N–H and O–H groups in total. The van der Waals surface area contributed by atoms with E-state index in [1.54, 1.807) is 0 Å². The zero-order chi connectivity index (χ0) is 12.3. The molecule has 5 heteroatoms. The number of rotatable bonds is 2. The first-order valence-electron chi connectivity index (χ1n) is 6.15. The standard InChI is InChI=1S/C12H19N3O2/c1-15-5-3-12(9-13,4-6-15)14-11(16)10-2-7-17-8-10/h10H,2-8H2,1H3,(H,14,16). The highest BCUT2D eigenvalue weighted by Crippen LogP contribution is 2.22. The Morgan fingerprint density at radius 3 is 2.76 bits per heavy atom. The summed E-state index contributed by atoms with van der Waals surface area (Å²) in [5.41, 5.74) is -0.661. The lowest BCUT2D eigenvalue weighted by Gasteiger charge is -2.36. The third-order valence-electron chi connectivity index (χ3n) is 3.72. The molecule has 2 rings (SSSR count). The molecule has 94 valence electrons. The average molecular weight is 237 g/mol. The van der Waals surface area contributed by atoms with E-state index in [4.69, 9.17) is 4.74 Å². The van der Waals surface area contributed by atoms with E-state index in [1.807, 2.05) is 7.05 Å². The lowest BCUT2D eigenvalue weighted by Crippen LogP contribution is -2.55. The summed E-state index contributed by atoms with van der Waals surface area (Å²) in [6.07, 6.45) is 2.19. The fourth-order valence-corrected chi connectivity index (χ4v) is 2.34. The highest BCUT2D eigenvalue weighted by molar-refractivity contribution is 5.80. The number of nitrogens with one attached hydrogen (secondary N) is 1. The van der Waals surface area contributed by atoms with Gasteiger partial charge in [-0.15, -0.1) is 0 Å². The molecule has 2 aliphatic rings. The maximum Gasteiger partial charge on any atom is 0.226 e. The number of nitriles is 1. The summed E-state index contributed by atoms with van der Waals surface area (Å²) in [5, 5.41) is 12.2. The van der Waals surface area contributed by atoms with E-state index in [0.717, 1.165) is 19.5 Å². The number of ether oxygens (including phenoxy) is 1. The van der Waals surface area contributed by atoms with Crippen LogP contribution in [0.3, 0.4) is 0 Å². The van der Waals surface area contributed by atoms with E-state index in [-0.39, 0.29) is 11.8 Å². The number of hydrogen-bond acceptors (Lipinski definition) is 4. The second-order valence-corrected chi connectivity index (χ2v) is 5.05. The van der Waals surface area contributed by atoms with Gasteiger partial charge in [0.2, 0.25) is 5.91 Å². The molecule has 2 heterocycles. The molecule has 0 aliphatic carbocycles. The molecule has 17 heavy (non-hydrogen) atoms. The Morgan fingerprint density at radius 2 is 2.24 bits per heavy atom. The summed E-state index contributed by atoms with van der Waals surface area (Å²) in [7, 11) is 2.04. The molecule has 1 atom stereocenters. The minimum atomic E-state index is -0.661. The van der Waals surface area contributed by atoms with Crippen LogP contribution in [0.5, 0.6) is 0 Å². The number of carbonyl (C=O) groups is 1. The maximum absolute atomic E-state index is 12.0. The smallest absolute Gasteiger partial charge is 0.226 e. The summed E-state index contributed by atoms with van der Waals surface area (Å²) in [6.45, 7) is 2.86. The quantitative estimate of drug-likeness (QED) is 0.741. The third-order valence-corrected chi connectivity index (χ3v) is 3.72. The minimum absolute atomic E-state index is 0.0198. The van der Waals surface area contributed by atoms with Crippen molar-refractivity contribution in [3.05, 3.63) is 0 Å². The van der Waals surface area contributed by atoms with Crippen molar-refractivity contribution in [2.45, 2.75) is 24.8 Å². The van der Waals surface area contributed by atoms with Crippen LogP contribution < -0.4 is 5.32 Å². The first-order valence-corrected chi connectivity index (χ1v) is 6.15. The number of likely N-dealkylation sites (tertiary alicyclic amines) is 1. The van der Waals surface area contributed by atoms with Crippen molar-refractivity contribution in [3.8, 4) is 6.07 Å². The topological polar surface area (TPSA) is 65.4 Å². The molecule has 2 saturated heterocycles. The Hall–Kier alpha value is -1.12. The van der Waals surface area contributed by atoms with Gasteiger partial charge in [-0.2, -0.15) is 5.26 Å². The van der Waals surface area contributed by atoms with Crippen molar-refractivity contribution in [2.24, 2.45) is 5.92 Å². The predicted octanol–water partition coefficient (Wildman–Crippen LogP) is 0.127. The van der Waals surface area contributed by atoms with Gasteiger partial charge in [0.05, 0.1) is 18.6 Å². The lowest BCUT2D eigenvalue weighted by molar-refractivity contribution is -0.126. The van der Waals surface area contributed by atoms with Gasteiger partial charge in [0.25, 0.3) is 0 Å². The van der Waals surface area contributed by atoms with Gasteiger partial charge in [0.1, 0.15) is 5.54 Å². The van der Waals surface area contributed by atoms with Gasteiger partial charge in [-0.25, -0.2) is 0 Å². The van der Waals surface area contributed by atoms with Crippen LogP contribution in [0.4, 0.5) is 0 Å². The Morgan fingerprint density at radius 1 is 1.53 bits per heavy atom. The fourth-order valence-electron chi connectivity index (χ4n) is 2.34. The van der Waals surface area contributed by atoms with Gasteiger partial charge >= 0.3 is 0 Å². The first kappa shape index (κ1) is 12.3. The Balaban J connectivity index is 1.95. The van der Waals surface area contributed by atoms with E-state index >= 15 is 0 Å². The summed E-state index contributed by atoms with van der Waals surface area (Å²) in [5.74, 6) is -0.0894. The molecule has 0 aromatic carbocycles. The van der Waals surface area contributed by atoms with Crippen LogP contribution in [-0.4, -0.2) is 49.7 Å². The maximum atomic E-state index is 12.0. The fraction of sp³-hybridized carbons (Fsp3) is 0.833. The van der Waals surface area contributed by atoms with Crippen LogP contribution in [-0.2, 0) is 9.53 Å². The van der Waals surface area contributed by atoms with Crippen molar-refractivity contribution in [1.29, 1.82) is 5.26 Å². The van der Waals surface area contributed by atoms with Gasteiger partial charge in [0.15, 0.2) is 0 Å². The minimum Gasteiger partial charge on any atom is -0.381 e. The Kier molecular flexibility index (Phi) is 3.65. The van der Waals surface area contributed by atoms with Gasteiger partial charge in [-0.1, -0.05) is 0 Å². The third kappa shape index (κ3) is 2.76. The number of nitrogens with zero attached hydrogens (tertiary/aromatic N) is 2. The summed E-state index contributed by atoms with van der Waals surface area (Å²) < 4.78 is 5.20. The molecule has 0 spiro atoms. The lowest BCUT2D eigenvalue weighted by atomic mass is 9.88. The molecule has 1 unspecified atom stereocenters. The Bertz CT molecular complexity index is 323. The van der Waals surface area contributed by atoms with Crippen molar-refractivity contribution in [3.63, 3.8) is 0 Å². The van der Waals surface area contributed by atoms with Crippen LogP contribution in [0.2, 0.25) is 0 Å². The van der Waals surface area contributed by atoms with Crippen LogP contribution in [0, 0.1) is 17.2 Å². The molecule has 0 aromatic rings. The van der Waals surface area contributed by atoms with E-state index in [0.29, 0.717) is 26.1 Å². The molecule has 1 amide bonds. The van der Waals surface area contributed by atoms with Crippen molar-refractivity contribution in [2.75, 3.05) is 33.4 Å². The van der Waals surface area contributed by atoms with Crippen LogP contribution in [0.25, 0.3) is 0 Å². The molecule has 0 radical (unpaired) electrons. The summed E-state index contributed by atoms with van der Waals surface area (Å²) in [6, 6.07) is 2.29. The van der Waals surface area contributed by atoms with Gasteiger partial charge in [0, 0.05) is 19.7 Å². The van der Waals surface area contributed by atoms with Crippen molar-refractivity contribution >= 4 is 5.91 Å². The highest BCUT2D eigenvalue weighted by Gasteiger charge is 2.37. The SMILES string of the molecule is CN1CCC(C#N)(NC(=O)C2CCOC2)CC1. The van der Waals surface area contributed by atoms with E-state index in [2.05, 4.69) is 16.3 Å². The molecular formula is C12H19N3O2. The van der Waals surface area contributed by atoms with Gasteiger partial charge in [-0.05, 0) is 26.3 Å². The van der Waals surface area contributed by atoms with Crippen LogP contribution >= 0.6 is 0 Å². The Labute approximate surface area is 102 Å². The molecule has 2 aliphatic heterocycles. The van der Waals surface area contributed by atoms with E-state index in [1.165, 1.54) is 0 Å². The number of piperidine rings is 1. The molecule has 2 fully saturated rings. The zero-order valence-corrected chi connectivity index (χ0v) is 10.2. The molecule has 0 saturated carbocycles. The number of carbonyl (C=O) groups excluding carboxylic acids is 1. The van der Waals surface area contributed by atoms with Crippen molar-refractivity contribution < 1.29 is 9.53 Å². The molecular weight excluding hydrogens is 218 g/mol. The number of amides is 1. The number of hydrogen-bond donors (Lipinski definition) is 1. The van der Waals surface area contributed by atoms with Gasteiger partial charge in [-0.3, -0.25) is 4.79 Å². The van der Waals surface area contributed by atoms with Crippen molar-refractivity contribution in [1.82, 2.24) is 10.2 Å². The molecule has 5 nitrogen and oxygen atoms in total. The summed E-state index contributed by atoms with van der Waals surface area (Å²) >= 11 is 0. The average Bonchev–Trinajstić information content (AvgIpc) is 2.86. The predicted molar refractivity (Wildman–Crippen MR) is 62.1 cm³/mol. The molecule has 0 bridgehead atoms. The van der Waals surface area contributed by atoms with Crippen LogP contribution in [0.1, 0.15) is 19.3 Å². The molecule has 0 aromatic heterocycles. The zero-order valence-electron chi connectivity index (χ0n) is 10.2. The largest absolute Gasteiger partial charge is 0.381 e. The summed E-state index contributed by atoms with van der Waals surface area (Å²) in [4.78, 5) is 14.2. The van der Waals surface area contributed by atoms with E-state index in [9.17, 15) is 10.1 Å². The van der Waals surface area contributed by atoms with Gasteiger partial charge < -0.3 is 15.0 Å². The highest BCUT2D eigenvalue weighted by atomic mass is 16.5. The van der Waals surface area contributed by atoms with Crippen LogP contribution in [0.15, 0.2) is 0 Å². The second-order valence-electron chi connectivity index (χ2n) is 5.05. The second kappa shape index (κ2) is 5.03. The first-order chi connectivity index (χ1) is 8.15. The normalized spacial score (nSPS) is 28.6.